The van der Waals surface area contributed by atoms with E-state index in [9.17, 15) is 23.3 Å². The minimum absolute atomic E-state index is 0.0257. The highest BCUT2D eigenvalue weighted by molar-refractivity contribution is 7.90. The van der Waals surface area contributed by atoms with E-state index in [-0.39, 0.29) is 65.2 Å². The summed E-state index contributed by atoms with van der Waals surface area (Å²) >= 11 is 0. The van der Waals surface area contributed by atoms with E-state index >= 15 is 0 Å². The van der Waals surface area contributed by atoms with Crippen molar-refractivity contribution in [2.24, 2.45) is 11.3 Å². The van der Waals surface area contributed by atoms with Crippen molar-refractivity contribution >= 4 is 55.4 Å². The Morgan fingerprint density at radius 3 is 2.47 bits per heavy atom. The largest absolute Gasteiger partial charge is 0.491 e. The molecule has 21 heteroatoms. The second-order valence-corrected chi connectivity index (χ2v) is 25.8. The van der Waals surface area contributed by atoms with Gasteiger partial charge in [-0.05, 0) is 118 Å². The highest BCUT2D eigenvalue weighted by Gasteiger charge is 2.51. The number of aromatic nitrogens is 2. The molecular weight excluding hydrogens is 1080 g/mol. The Labute approximate surface area is 482 Å². The van der Waals surface area contributed by atoms with Gasteiger partial charge < -0.3 is 48.5 Å². The lowest BCUT2D eigenvalue weighted by Gasteiger charge is -2.58. The summed E-state index contributed by atoms with van der Waals surface area (Å²) in [6.45, 7) is 11.9. The molecule has 7 aliphatic heterocycles. The molecule has 14 rings (SSSR count). The van der Waals surface area contributed by atoms with Crippen molar-refractivity contribution in [2.75, 3.05) is 87.5 Å². The average Bonchev–Trinajstić information content (AvgIpc) is 4.15. The molecule has 5 fully saturated rings. The van der Waals surface area contributed by atoms with Gasteiger partial charge >= 0.3 is 0 Å². The molecule has 20 nitrogen and oxygen atoms in total. The number of H-pyrrole nitrogens is 1. The first-order valence-corrected chi connectivity index (χ1v) is 31.0. The number of sulfonamides is 1. The second-order valence-electron chi connectivity index (χ2n) is 24.1. The summed E-state index contributed by atoms with van der Waals surface area (Å²) in [5.74, 6) is 0.595. The number of nitro benzene ring substituents is 1. The lowest BCUT2D eigenvalue weighted by molar-refractivity contribution is -0.384. The SMILES string of the molecule is CC(C)Oc1ccccc1[C@@H]1CN([C@@H]2COCc3ccccc32)CCN1C1CC2(CCN(c3ccc(C(=O)NS(=O)(=O)c4cc5c(c([N+](=O)[O-])c4)N[C@H](C4CCOCC4)CO5)c(N4c5cc6cc[nH]c6nc5O[C@H]5COCC[C@@H]54)c3)CC2)C1. The van der Waals surface area contributed by atoms with Crippen LogP contribution < -0.4 is 34.0 Å². The van der Waals surface area contributed by atoms with Crippen molar-refractivity contribution in [1.82, 2.24) is 24.5 Å². The highest BCUT2D eigenvalue weighted by atomic mass is 32.2. The number of carbonyl (C=O) groups is 1. The van der Waals surface area contributed by atoms with Crippen molar-refractivity contribution in [2.45, 2.75) is 113 Å². The minimum atomic E-state index is -4.72. The van der Waals surface area contributed by atoms with E-state index in [0.29, 0.717) is 75.0 Å². The number of nitrogens with zero attached hydrogens (tertiary/aromatic N) is 6. The van der Waals surface area contributed by atoms with Gasteiger partial charge in [0.05, 0.1) is 71.2 Å². The molecule has 0 radical (unpaired) electrons. The van der Waals surface area contributed by atoms with Crippen LogP contribution in [0, 0.1) is 21.4 Å². The molecule has 83 heavy (non-hydrogen) atoms. The van der Waals surface area contributed by atoms with Gasteiger partial charge in [-0.3, -0.25) is 24.7 Å². The third-order valence-electron chi connectivity index (χ3n) is 18.9. The maximum atomic E-state index is 15.0. The topological polar surface area (TPSA) is 215 Å². The summed E-state index contributed by atoms with van der Waals surface area (Å²) in [7, 11) is -4.72. The van der Waals surface area contributed by atoms with Gasteiger partial charge in [0, 0.05) is 93.6 Å². The number of piperidine rings is 1. The fourth-order valence-electron chi connectivity index (χ4n) is 14.6. The van der Waals surface area contributed by atoms with E-state index in [0.717, 1.165) is 94.1 Å². The number of fused-ring (bicyclic) bond motifs is 5. The van der Waals surface area contributed by atoms with Gasteiger partial charge in [-0.1, -0.05) is 42.5 Å². The van der Waals surface area contributed by atoms with Crippen LogP contribution in [0.4, 0.5) is 28.4 Å². The van der Waals surface area contributed by atoms with Gasteiger partial charge in [-0.15, -0.1) is 0 Å². The maximum Gasteiger partial charge on any atom is 0.297 e. The van der Waals surface area contributed by atoms with Crippen LogP contribution in [-0.2, 0) is 30.8 Å². The summed E-state index contributed by atoms with van der Waals surface area (Å²) in [5, 5.41) is 16.7. The Balaban J connectivity index is 0.740. The molecule has 1 aliphatic carbocycles. The van der Waals surface area contributed by atoms with Crippen LogP contribution in [0.15, 0.2) is 102 Å². The lowest BCUT2D eigenvalue weighted by Crippen LogP contribution is -2.60. The molecule has 9 heterocycles. The zero-order chi connectivity index (χ0) is 56.6. The zero-order valence-electron chi connectivity index (χ0n) is 46.9. The Kier molecular flexibility index (Phi) is 14.2. The molecule has 1 amide bonds. The number of ether oxygens (including phenoxy) is 6. The molecule has 0 unspecified atom stereocenters. The van der Waals surface area contributed by atoms with Crippen LogP contribution in [0.5, 0.6) is 17.4 Å². The van der Waals surface area contributed by atoms with E-state index in [2.05, 4.69) is 97.0 Å². The third-order valence-corrected chi connectivity index (χ3v) is 20.3. The summed E-state index contributed by atoms with van der Waals surface area (Å²) < 4.78 is 68.1. The number of pyridine rings is 1. The van der Waals surface area contributed by atoms with E-state index in [4.69, 9.17) is 33.4 Å². The normalized spacial score (nSPS) is 24.8. The molecule has 4 saturated heterocycles. The molecule has 8 aliphatic rings. The average molecular weight is 1150 g/mol. The molecule has 0 bridgehead atoms. The quantitative estimate of drug-likeness (QED) is 0.0769. The number of piperazine rings is 1. The first-order valence-electron chi connectivity index (χ1n) is 29.5. The van der Waals surface area contributed by atoms with Crippen molar-refractivity contribution in [3.8, 4) is 17.4 Å². The number of para-hydroxylation sites is 1. The monoisotopic (exact) mass is 1150 g/mol. The first kappa shape index (κ1) is 54.0. The van der Waals surface area contributed by atoms with Crippen LogP contribution in [0.1, 0.15) is 97.9 Å². The van der Waals surface area contributed by atoms with E-state index in [1.165, 1.54) is 22.8 Å². The lowest BCUT2D eigenvalue weighted by atomic mass is 9.59. The summed E-state index contributed by atoms with van der Waals surface area (Å²) in [6.07, 6.45) is 7.68. The predicted molar refractivity (Wildman–Crippen MR) is 311 cm³/mol. The predicted octanol–water partition coefficient (Wildman–Crippen LogP) is 9.04. The Hall–Kier alpha value is -7.01. The van der Waals surface area contributed by atoms with Crippen LogP contribution in [-0.4, -0.2) is 142 Å². The second kappa shape index (κ2) is 21.9. The van der Waals surface area contributed by atoms with Crippen molar-refractivity contribution in [1.29, 1.82) is 0 Å². The number of hydrogen-bond donors (Lipinski definition) is 3. The van der Waals surface area contributed by atoms with Crippen LogP contribution in [0.2, 0.25) is 0 Å². The molecular formula is C62H71N9O11S. The number of anilines is 4. The van der Waals surface area contributed by atoms with Gasteiger partial charge in [0.15, 0.2) is 11.4 Å². The Morgan fingerprint density at radius 2 is 1.65 bits per heavy atom. The fraction of sp³-hybridized carbons (Fsp3) is 0.484. The molecule has 6 aromatic rings. The number of benzene rings is 4. The number of hydrogen-bond acceptors (Lipinski definition) is 17. The smallest absolute Gasteiger partial charge is 0.297 e. The highest BCUT2D eigenvalue weighted by Crippen LogP contribution is 2.55. The van der Waals surface area contributed by atoms with Gasteiger partial charge in [0.1, 0.15) is 29.8 Å². The van der Waals surface area contributed by atoms with Gasteiger partial charge in [-0.25, -0.2) is 13.1 Å². The van der Waals surface area contributed by atoms with Crippen LogP contribution in [0.3, 0.4) is 0 Å². The number of nitrogens with one attached hydrogen (secondary N) is 3. The van der Waals surface area contributed by atoms with Crippen molar-refractivity contribution < 1.29 is 46.6 Å². The van der Waals surface area contributed by atoms with Crippen molar-refractivity contribution in [3.63, 3.8) is 0 Å². The molecule has 436 valence electrons. The third kappa shape index (κ3) is 10.2. The van der Waals surface area contributed by atoms with Crippen molar-refractivity contribution in [3.05, 3.63) is 130 Å². The number of nitro groups is 1. The number of rotatable bonds is 12. The summed E-state index contributed by atoms with van der Waals surface area (Å²) in [4.78, 5) is 44.4. The molecule has 4 aromatic carbocycles. The standard InChI is InChI=1S/C62H71N9O11S/c1-38(2)81-55-10-6-5-9-46(55)53-33-68(54-36-79-34-41-7-3-4-8-45(41)54)22-23-69(53)43-31-62(32-43)17-20-67(21-18-62)42-11-12-47(50(28-42)70-49-16-26-78-37-57(49)82-61-52(70)27-40-13-19-63-59(40)65-61)60(72)66-83(75,76)44-29-51(71(73)74)58-56(30-44)80-35-48(64-58)39-14-24-77-25-15-39/h3-13,19,27-30,38-39,43,48-49,53-54,57,64H,14-18,20-26,31-37H2,1-2H3,(H,63,65)(H,66,72)/t48-,49-,53-,54+,57-/m0/s1. The molecule has 1 spiro atoms. The molecule has 2 aromatic heterocycles. The van der Waals surface area contributed by atoms with Crippen LogP contribution >= 0.6 is 0 Å². The fourth-order valence-corrected chi connectivity index (χ4v) is 15.6. The summed E-state index contributed by atoms with van der Waals surface area (Å²) in [5.41, 5.74) is 6.44. The van der Waals surface area contributed by atoms with Gasteiger partial charge in [0.2, 0.25) is 5.88 Å². The van der Waals surface area contributed by atoms with Crippen LogP contribution in [0.25, 0.3) is 11.0 Å². The first-order chi connectivity index (χ1) is 40.3. The van der Waals surface area contributed by atoms with E-state index in [1.807, 2.05) is 30.5 Å². The molecule has 5 atom stereocenters. The molecule has 3 N–H and O–H groups in total. The number of carbonyl (C=O) groups excluding carboxylic acids is 1. The summed E-state index contributed by atoms with van der Waals surface area (Å²) in [6, 6.07) is 29.3. The Bertz CT molecular complexity index is 3560. The molecule has 1 saturated carbocycles. The van der Waals surface area contributed by atoms with E-state index < -0.39 is 37.5 Å². The van der Waals surface area contributed by atoms with Gasteiger partial charge in [-0.2, -0.15) is 4.98 Å². The maximum absolute atomic E-state index is 15.0. The number of aromatic amines is 1. The van der Waals surface area contributed by atoms with Gasteiger partial charge in [0.25, 0.3) is 21.6 Å². The zero-order valence-corrected chi connectivity index (χ0v) is 47.7. The van der Waals surface area contributed by atoms with E-state index in [1.54, 1.807) is 6.07 Å². The number of amides is 1. The Morgan fingerprint density at radius 1 is 0.855 bits per heavy atom. The minimum Gasteiger partial charge on any atom is -0.491 e.